The maximum absolute atomic E-state index is 12.6. The highest BCUT2D eigenvalue weighted by atomic mass is 79.9. The number of rotatable bonds is 4. The zero-order chi connectivity index (χ0) is 17.4. The number of nitrogens with one attached hydrogen (secondary N) is 1. The zero-order valence-electron chi connectivity index (χ0n) is 14.4. The average molecular weight is 403 g/mol. The van der Waals surface area contributed by atoms with E-state index < -0.39 is 0 Å². The Bertz CT molecular complexity index is 783. The maximum atomic E-state index is 12.6. The number of halogens is 1. The van der Waals surface area contributed by atoms with E-state index in [-0.39, 0.29) is 11.4 Å². The van der Waals surface area contributed by atoms with Gasteiger partial charge in [0.2, 0.25) is 0 Å². The Morgan fingerprint density at radius 2 is 2.28 bits per heavy atom. The van der Waals surface area contributed by atoms with Crippen LogP contribution < -0.4 is 5.32 Å². The molecule has 1 saturated carbocycles. The monoisotopic (exact) mass is 402 g/mol. The molecule has 0 spiro atoms. The predicted octanol–water partition coefficient (Wildman–Crippen LogP) is 3.64. The van der Waals surface area contributed by atoms with Crippen LogP contribution in [0, 0.1) is 6.92 Å². The molecule has 2 amide bonds. The van der Waals surface area contributed by atoms with E-state index in [0.29, 0.717) is 12.6 Å². The standard InChI is InChI=1S/C19H23BrN4O/c1-14-10-22-24(11-14)17-5-8-23(12-17)18(25)21-13-19(6-7-19)15-3-2-4-16(20)9-15/h2-4,9-11,17H,5-8,12-13H2,1H3,(H,21,25). The predicted molar refractivity (Wildman–Crippen MR) is 101 cm³/mol. The Morgan fingerprint density at radius 3 is 2.96 bits per heavy atom. The van der Waals surface area contributed by atoms with Gasteiger partial charge in [0.1, 0.15) is 0 Å². The van der Waals surface area contributed by atoms with E-state index in [4.69, 9.17) is 0 Å². The van der Waals surface area contributed by atoms with Crippen LogP contribution in [0.4, 0.5) is 4.79 Å². The van der Waals surface area contributed by atoms with Gasteiger partial charge in [-0.1, -0.05) is 28.1 Å². The molecule has 1 saturated heterocycles. The topological polar surface area (TPSA) is 50.2 Å². The van der Waals surface area contributed by atoms with Crippen LogP contribution >= 0.6 is 15.9 Å². The summed E-state index contributed by atoms with van der Waals surface area (Å²) in [6.45, 7) is 4.28. The quantitative estimate of drug-likeness (QED) is 0.848. The van der Waals surface area contributed by atoms with Gasteiger partial charge in [-0.25, -0.2) is 4.79 Å². The molecule has 1 N–H and O–H groups in total. The number of amides is 2. The summed E-state index contributed by atoms with van der Waals surface area (Å²) < 4.78 is 3.09. The molecule has 1 unspecified atom stereocenters. The Balaban J connectivity index is 1.34. The molecule has 1 aliphatic heterocycles. The lowest BCUT2D eigenvalue weighted by molar-refractivity contribution is 0.205. The third-order valence-electron chi connectivity index (χ3n) is 5.42. The van der Waals surface area contributed by atoms with Gasteiger partial charge < -0.3 is 10.2 Å². The summed E-state index contributed by atoms with van der Waals surface area (Å²) in [4.78, 5) is 14.5. The van der Waals surface area contributed by atoms with Crippen LogP contribution in [0.5, 0.6) is 0 Å². The second-order valence-electron chi connectivity index (χ2n) is 7.34. The van der Waals surface area contributed by atoms with Crippen molar-refractivity contribution in [3.05, 3.63) is 52.3 Å². The van der Waals surface area contributed by atoms with Crippen molar-refractivity contribution < 1.29 is 4.79 Å². The van der Waals surface area contributed by atoms with Gasteiger partial charge in [0, 0.05) is 35.7 Å². The number of hydrogen-bond donors (Lipinski definition) is 1. The van der Waals surface area contributed by atoms with Gasteiger partial charge in [-0.15, -0.1) is 0 Å². The van der Waals surface area contributed by atoms with Crippen LogP contribution in [0.15, 0.2) is 41.1 Å². The van der Waals surface area contributed by atoms with Crippen molar-refractivity contribution in [2.24, 2.45) is 0 Å². The van der Waals surface area contributed by atoms with Crippen molar-refractivity contribution in [2.75, 3.05) is 19.6 Å². The first-order chi connectivity index (χ1) is 12.1. The van der Waals surface area contributed by atoms with Gasteiger partial charge in [-0.3, -0.25) is 4.68 Å². The number of aromatic nitrogens is 2. The fourth-order valence-corrected chi connectivity index (χ4v) is 4.07. The summed E-state index contributed by atoms with van der Waals surface area (Å²) in [5, 5.41) is 7.55. The van der Waals surface area contributed by atoms with Crippen molar-refractivity contribution in [2.45, 2.75) is 37.6 Å². The first kappa shape index (κ1) is 16.6. The minimum atomic E-state index is 0.0487. The molecule has 6 heteroatoms. The highest BCUT2D eigenvalue weighted by Crippen LogP contribution is 2.48. The largest absolute Gasteiger partial charge is 0.337 e. The molecule has 5 nitrogen and oxygen atoms in total. The molecule has 2 aliphatic rings. The molecule has 132 valence electrons. The van der Waals surface area contributed by atoms with Gasteiger partial charge in [0.05, 0.1) is 12.2 Å². The average Bonchev–Trinajstić information content (AvgIpc) is 3.01. The Kier molecular flexibility index (Phi) is 4.31. The summed E-state index contributed by atoms with van der Waals surface area (Å²) in [6, 6.07) is 8.78. The van der Waals surface area contributed by atoms with Gasteiger partial charge in [-0.2, -0.15) is 5.10 Å². The Morgan fingerprint density at radius 1 is 1.44 bits per heavy atom. The first-order valence-corrected chi connectivity index (χ1v) is 9.65. The molecule has 4 rings (SSSR count). The van der Waals surface area contributed by atoms with E-state index >= 15 is 0 Å². The number of carbonyl (C=O) groups excluding carboxylic acids is 1. The number of urea groups is 1. The summed E-state index contributed by atoms with van der Waals surface area (Å²) in [6.07, 6.45) is 7.17. The molecule has 25 heavy (non-hydrogen) atoms. The second kappa shape index (κ2) is 6.48. The van der Waals surface area contributed by atoms with E-state index in [9.17, 15) is 4.79 Å². The highest BCUT2D eigenvalue weighted by molar-refractivity contribution is 9.10. The van der Waals surface area contributed by atoms with Crippen molar-refractivity contribution in [1.29, 1.82) is 0 Å². The van der Waals surface area contributed by atoms with Crippen LogP contribution in [0.3, 0.4) is 0 Å². The summed E-state index contributed by atoms with van der Waals surface area (Å²) in [5.74, 6) is 0. The van der Waals surface area contributed by atoms with Gasteiger partial charge >= 0.3 is 6.03 Å². The lowest BCUT2D eigenvalue weighted by Gasteiger charge is -2.21. The van der Waals surface area contributed by atoms with E-state index in [1.165, 1.54) is 5.56 Å². The van der Waals surface area contributed by atoms with Gasteiger partial charge in [0.15, 0.2) is 0 Å². The summed E-state index contributed by atoms with van der Waals surface area (Å²) in [5.41, 5.74) is 2.60. The van der Waals surface area contributed by atoms with E-state index in [1.807, 2.05) is 28.8 Å². The molecular weight excluding hydrogens is 380 g/mol. The van der Waals surface area contributed by atoms with E-state index in [2.05, 4.69) is 50.7 Å². The molecule has 2 fully saturated rings. The van der Waals surface area contributed by atoms with Crippen LogP contribution in [-0.2, 0) is 5.41 Å². The number of carbonyl (C=O) groups is 1. The first-order valence-electron chi connectivity index (χ1n) is 8.85. The molecule has 1 aliphatic carbocycles. The number of likely N-dealkylation sites (tertiary alicyclic amines) is 1. The van der Waals surface area contributed by atoms with Crippen LogP contribution in [-0.4, -0.2) is 40.3 Å². The molecule has 2 heterocycles. The minimum Gasteiger partial charge on any atom is -0.337 e. The number of benzene rings is 1. The smallest absolute Gasteiger partial charge is 0.317 e. The third kappa shape index (κ3) is 3.45. The summed E-state index contributed by atoms with van der Waals surface area (Å²) in [7, 11) is 0. The Hall–Kier alpha value is -1.82. The van der Waals surface area contributed by atoms with Crippen LogP contribution in [0.1, 0.15) is 36.4 Å². The molecule has 0 radical (unpaired) electrons. The minimum absolute atomic E-state index is 0.0487. The fraction of sp³-hybridized carbons (Fsp3) is 0.474. The van der Waals surface area contributed by atoms with Crippen molar-refractivity contribution in [3.8, 4) is 0 Å². The van der Waals surface area contributed by atoms with Crippen molar-refractivity contribution >= 4 is 22.0 Å². The van der Waals surface area contributed by atoms with E-state index in [0.717, 1.165) is 42.4 Å². The van der Waals surface area contributed by atoms with Crippen LogP contribution in [0.2, 0.25) is 0 Å². The number of hydrogen-bond acceptors (Lipinski definition) is 2. The summed E-state index contributed by atoms with van der Waals surface area (Å²) >= 11 is 3.54. The van der Waals surface area contributed by atoms with Crippen LogP contribution in [0.25, 0.3) is 0 Å². The second-order valence-corrected chi connectivity index (χ2v) is 8.25. The van der Waals surface area contributed by atoms with E-state index in [1.54, 1.807) is 0 Å². The highest BCUT2D eigenvalue weighted by Gasteiger charge is 2.44. The molecule has 2 aromatic rings. The molecule has 0 bridgehead atoms. The number of aryl methyl sites for hydroxylation is 1. The lowest BCUT2D eigenvalue weighted by Crippen LogP contribution is -2.42. The normalized spacial score (nSPS) is 21.4. The van der Waals surface area contributed by atoms with Crippen molar-refractivity contribution in [3.63, 3.8) is 0 Å². The molecule has 1 aromatic carbocycles. The molecule has 1 atom stereocenters. The fourth-order valence-electron chi connectivity index (χ4n) is 3.67. The van der Waals surface area contributed by atoms with Crippen molar-refractivity contribution in [1.82, 2.24) is 20.0 Å². The maximum Gasteiger partial charge on any atom is 0.317 e. The molecular formula is C19H23BrN4O. The van der Waals surface area contributed by atoms with Gasteiger partial charge in [0.25, 0.3) is 0 Å². The lowest BCUT2D eigenvalue weighted by atomic mass is 9.96. The number of nitrogens with zero attached hydrogens (tertiary/aromatic N) is 3. The Labute approximate surface area is 156 Å². The van der Waals surface area contributed by atoms with Gasteiger partial charge in [-0.05, 0) is 49.4 Å². The third-order valence-corrected chi connectivity index (χ3v) is 5.92. The zero-order valence-corrected chi connectivity index (χ0v) is 16.0. The molecule has 1 aromatic heterocycles. The SMILES string of the molecule is Cc1cnn(C2CCN(C(=O)NCC3(c4cccc(Br)c4)CC3)C2)c1.